The Hall–Kier alpha value is -1.12. The molecule has 108 valence electrons. The molecule has 0 aliphatic heterocycles. The van der Waals surface area contributed by atoms with Crippen molar-refractivity contribution >= 4 is 5.95 Å². The molecule has 1 aromatic heterocycles. The van der Waals surface area contributed by atoms with E-state index in [1.165, 1.54) is 32.1 Å². The molecule has 0 aromatic carbocycles. The number of nitrogens with zero attached hydrogens (tertiary/aromatic N) is 2. The number of hydrogen-bond donors (Lipinski definition) is 1. The number of aryl methyl sites for hydroxylation is 1. The van der Waals surface area contributed by atoms with Gasteiger partial charge < -0.3 is 5.32 Å². The molecule has 1 aromatic rings. The van der Waals surface area contributed by atoms with E-state index in [2.05, 4.69) is 49.0 Å². The fraction of sp³-hybridized carbons (Fsp3) is 0.750. The molecule has 1 N–H and O–H groups in total. The summed E-state index contributed by atoms with van der Waals surface area (Å²) < 4.78 is 0. The van der Waals surface area contributed by atoms with Gasteiger partial charge in [0.1, 0.15) is 0 Å². The molecule has 0 aliphatic carbocycles. The van der Waals surface area contributed by atoms with Gasteiger partial charge in [-0.05, 0) is 32.3 Å². The highest BCUT2D eigenvalue weighted by Gasteiger charge is 2.08. The van der Waals surface area contributed by atoms with Crippen LogP contribution in [0.25, 0.3) is 0 Å². The molecule has 0 bridgehead atoms. The normalized spacial score (nSPS) is 12.7. The Morgan fingerprint density at radius 1 is 1.11 bits per heavy atom. The van der Waals surface area contributed by atoms with Gasteiger partial charge in [0.05, 0.1) is 0 Å². The van der Waals surface area contributed by atoms with E-state index >= 15 is 0 Å². The van der Waals surface area contributed by atoms with Crippen molar-refractivity contribution in [1.29, 1.82) is 0 Å². The maximum Gasteiger partial charge on any atom is 0.223 e. The molecule has 0 spiro atoms. The molecule has 3 nitrogen and oxygen atoms in total. The summed E-state index contributed by atoms with van der Waals surface area (Å²) in [5, 5.41) is 3.43. The second kappa shape index (κ2) is 8.13. The first-order valence-electron chi connectivity index (χ1n) is 7.65. The molecule has 3 heteroatoms. The summed E-state index contributed by atoms with van der Waals surface area (Å²) in [6, 6.07) is 2.51. The summed E-state index contributed by atoms with van der Waals surface area (Å²) in [7, 11) is 0. The van der Waals surface area contributed by atoms with Crippen molar-refractivity contribution in [2.24, 2.45) is 0 Å². The molecule has 0 saturated carbocycles. The van der Waals surface area contributed by atoms with E-state index in [-0.39, 0.29) is 0 Å². The minimum atomic E-state index is 0.443. The molecule has 1 heterocycles. The predicted molar refractivity (Wildman–Crippen MR) is 82.7 cm³/mol. The number of rotatable bonds is 8. The van der Waals surface area contributed by atoms with Crippen LogP contribution in [0.4, 0.5) is 5.95 Å². The highest BCUT2D eigenvalue weighted by atomic mass is 15.1. The van der Waals surface area contributed by atoms with E-state index in [0.717, 1.165) is 17.3 Å². The third-order valence-corrected chi connectivity index (χ3v) is 3.33. The monoisotopic (exact) mass is 263 g/mol. The summed E-state index contributed by atoms with van der Waals surface area (Å²) in [5.74, 6) is 1.23. The summed E-state index contributed by atoms with van der Waals surface area (Å²) in [6.07, 6.45) is 6.43. The highest BCUT2D eigenvalue weighted by molar-refractivity contribution is 5.30. The van der Waals surface area contributed by atoms with Crippen molar-refractivity contribution in [3.8, 4) is 0 Å². The van der Waals surface area contributed by atoms with Crippen LogP contribution in [0.1, 0.15) is 77.1 Å². The zero-order valence-electron chi connectivity index (χ0n) is 13.2. The van der Waals surface area contributed by atoms with Crippen molar-refractivity contribution < 1.29 is 0 Å². The van der Waals surface area contributed by atoms with Gasteiger partial charge in [-0.15, -0.1) is 0 Å². The second-order valence-electron chi connectivity index (χ2n) is 5.81. The molecule has 0 aliphatic rings. The summed E-state index contributed by atoms with van der Waals surface area (Å²) in [6.45, 7) is 10.8. The van der Waals surface area contributed by atoms with E-state index in [1.54, 1.807) is 0 Å². The van der Waals surface area contributed by atoms with Crippen molar-refractivity contribution in [3.63, 3.8) is 0 Å². The lowest BCUT2D eigenvalue weighted by Crippen LogP contribution is -2.18. The topological polar surface area (TPSA) is 37.8 Å². The minimum absolute atomic E-state index is 0.443. The average Bonchev–Trinajstić information content (AvgIpc) is 2.34. The average molecular weight is 263 g/mol. The van der Waals surface area contributed by atoms with Gasteiger partial charge in [0, 0.05) is 17.4 Å². The fourth-order valence-corrected chi connectivity index (χ4v) is 2.12. The van der Waals surface area contributed by atoms with Crippen molar-refractivity contribution in [3.05, 3.63) is 17.5 Å². The van der Waals surface area contributed by atoms with Gasteiger partial charge in [-0.2, -0.15) is 0 Å². The third kappa shape index (κ3) is 6.04. The zero-order chi connectivity index (χ0) is 14.3. The number of nitrogens with one attached hydrogen (secondary N) is 1. The van der Waals surface area contributed by atoms with Gasteiger partial charge in [-0.1, -0.05) is 46.5 Å². The van der Waals surface area contributed by atoms with Crippen LogP contribution in [0.3, 0.4) is 0 Å². The molecule has 0 fully saturated rings. The van der Waals surface area contributed by atoms with Crippen LogP contribution in [-0.4, -0.2) is 16.0 Å². The second-order valence-corrected chi connectivity index (χ2v) is 5.81. The number of hydrogen-bond acceptors (Lipinski definition) is 3. The lowest BCUT2D eigenvalue weighted by Gasteiger charge is -2.15. The van der Waals surface area contributed by atoms with Crippen LogP contribution in [0, 0.1) is 6.92 Å². The van der Waals surface area contributed by atoms with Crippen molar-refractivity contribution in [2.45, 2.75) is 78.7 Å². The first-order chi connectivity index (χ1) is 9.02. The van der Waals surface area contributed by atoms with E-state index in [4.69, 9.17) is 0 Å². The van der Waals surface area contributed by atoms with E-state index in [1.807, 2.05) is 6.92 Å². The van der Waals surface area contributed by atoms with Crippen LogP contribution < -0.4 is 5.32 Å². The molecular weight excluding hydrogens is 234 g/mol. The fourth-order valence-electron chi connectivity index (χ4n) is 2.12. The lowest BCUT2D eigenvalue weighted by atomic mass is 10.1. The van der Waals surface area contributed by atoms with Crippen molar-refractivity contribution in [1.82, 2.24) is 9.97 Å². The SMILES string of the molecule is CCCCCCC(C)Nc1nc(C)cc(C(C)C)n1. The van der Waals surface area contributed by atoms with E-state index in [9.17, 15) is 0 Å². The van der Waals surface area contributed by atoms with Crippen LogP contribution >= 0.6 is 0 Å². The predicted octanol–water partition coefficient (Wildman–Crippen LogP) is 4.68. The quantitative estimate of drug-likeness (QED) is 0.692. The summed E-state index contributed by atoms with van der Waals surface area (Å²) in [5.41, 5.74) is 2.16. The highest BCUT2D eigenvalue weighted by Crippen LogP contribution is 2.15. The van der Waals surface area contributed by atoms with Crippen LogP contribution in [-0.2, 0) is 0 Å². The van der Waals surface area contributed by atoms with Gasteiger partial charge >= 0.3 is 0 Å². The Bertz CT molecular complexity index is 374. The lowest BCUT2D eigenvalue weighted by molar-refractivity contribution is 0.591. The Balaban J connectivity index is 2.51. The molecule has 1 unspecified atom stereocenters. The molecule has 1 rings (SSSR count). The maximum atomic E-state index is 4.60. The Kier molecular flexibility index (Phi) is 6.82. The van der Waals surface area contributed by atoms with Crippen LogP contribution in [0.2, 0.25) is 0 Å². The van der Waals surface area contributed by atoms with Gasteiger partial charge in [0.25, 0.3) is 0 Å². The smallest absolute Gasteiger partial charge is 0.223 e. The number of anilines is 1. The van der Waals surface area contributed by atoms with Gasteiger partial charge in [0.15, 0.2) is 0 Å². The number of aromatic nitrogens is 2. The first kappa shape index (κ1) is 15.9. The van der Waals surface area contributed by atoms with Gasteiger partial charge in [-0.3, -0.25) is 0 Å². The standard InChI is InChI=1S/C16H29N3/c1-6-7-8-9-10-13(4)17-16-18-14(5)11-15(19-16)12(2)3/h11-13H,6-10H2,1-5H3,(H,17,18,19). The first-order valence-corrected chi connectivity index (χ1v) is 7.65. The van der Waals surface area contributed by atoms with Crippen molar-refractivity contribution in [2.75, 3.05) is 5.32 Å². The minimum Gasteiger partial charge on any atom is -0.352 e. The van der Waals surface area contributed by atoms with Crippen LogP contribution in [0.15, 0.2) is 6.07 Å². The van der Waals surface area contributed by atoms with E-state index < -0.39 is 0 Å². The molecule has 0 saturated heterocycles. The molecule has 1 atom stereocenters. The zero-order valence-corrected chi connectivity index (χ0v) is 13.2. The number of unbranched alkanes of at least 4 members (excludes halogenated alkanes) is 3. The summed E-state index contributed by atoms with van der Waals surface area (Å²) >= 11 is 0. The summed E-state index contributed by atoms with van der Waals surface area (Å²) in [4.78, 5) is 9.07. The molecule has 0 radical (unpaired) electrons. The van der Waals surface area contributed by atoms with Gasteiger partial charge in [0.2, 0.25) is 5.95 Å². The Labute approximate surface area is 118 Å². The Morgan fingerprint density at radius 2 is 1.84 bits per heavy atom. The van der Waals surface area contributed by atoms with Crippen LogP contribution in [0.5, 0.6) is 0 Å². The molecule has 19 heavy (non-hydrogen) atoms. The van der Waals surface area contributed by atoms with Gasteiger partial charge in [-0.25, -0.2) is 9.97 Å². The Morgan fingerprint density at radius 3 is 2.47 bits per heavy atom. The van der Waals surface area contributed by atoms with E-state index in [0.29, 0.717) is 12.0 Å². The third-order valence-electron chi connectivity index (χ3n) is 3.33. The maximum absolute atomic E-state index is 4.60. The largest absolute Gasteiger partial charge is 0.352 e. The molecule has 0 amide bonds. The molecular formula is C16H29N3.